The maximum absolute atomic E-state index is 11.5. The number of carboxylic acids is 1. The molecule has 0 aromatic heterocycles. The Morgan fingerprint density at radius 1 is 1.42 bits per heavy atom. The summed E-state index contributed by atoms with van der Waals surface area (Å²) in [5.74, 6) is -0.987. The Bertz CT molecular complexity index is 507. The van der Waals surface area contributed by atoms with Crippen molar-refractivity contribution in [2.24, 2.45) is 5.41 Å². The fraction of sp³-hybridized carbons (Fsp3) is 0.385. The molecule has 102 valence electrons. The summed E-state index contributed by atoms with van der Waals surface area (Å²) in [6.07, 6.45) is 5.57. The van der Waals surface area contributed by atoms with E-state index < -0.39 is 17.5 Å². The van der Waals surface area contributed by atoms with Crippen molar-refractivity contribution in [2.45, 2.75) is 13.3 Å². The number of nitrogens with one attached hydrogen (secondary N) is 1. The van der Waals surface area contributed by atoms with E-state index in [0.717, 1.165) is 17.0 Å². The highest BCUT2D eigenvalue weighted by Gasteiger charge is 2.39. The molecule has 0 aliphatic carbocycles. The fourth-order valence-corrected chi connectivity index (χ4v) is 2.22. The van der Waals surface area contributed by atoms with Crippen LogP contribution in [0.5, 0.6) is 0 Å². The summed E-state index contributed by atoms with van der Waals surface area (Å²) < 4.78 is 0. The lowest BCUT2D eigenvalue weighted by Crippen LogP contribution is -2.36. The Balaban J connectivity index is 2.44. The van der Waals surface area contributed by atoms with Crippen LogP contribution < -0.4 is 5.32 Å². The quantitative estimate of drug-likeness (QED) is 0.701. The molecule has 0 aromatic carbocycles. The van der Waals surface area contributed by atoms with Crippen molar-refractivity contribution < 1.29 is 19.8 Å². The van der Waals surface area contributed by atoms with Crippen molar-refractivity contribution in [1.29, 1.82) is 0 Å². The summed E-state index contributed by atoms with van der Waals surface area (Å²) in [5.41, 5.74) is 0.237. The van der Waals surface area contributed by atoms with Gasteiger partial charge >= 0.3 is 12.1 Å². The summed E-state index contributed by atoms with van der Waals surface area (Å²) in [6, 6.07) is 0. The van der Waals surface area contributed by atoms with Crippen LogP contribution >= 0.6 is 0 Å². The smallest absolute Gasteiger partial charge is 0.415 e. The molecule has 3 N–H and O–H groups in total. The Labute approximate surface area is 110 Å². The lowest BCUT2D eigenvalue weighted by molar-refractivity contribution is -0.143. The lowest BCUT2D eigenvalue weighted by Gasteiger charge is -2.32. The van der Waals surface area contributed by atoms with Crippen LogP contribution in [0.4, 0.5) is 4.79 Å². The molecule has 2 rings (SSSR count). The van der Waals surface area contributed by atoms with Gasteiger partial charge in [0.2, 0.25) is 0 Å². The first-order valence-electron chi connectivity index (χ1n) is 6.01. The van der Waals surface area contributed by atoms with E-state index in [1.165, 1.54) is 18.5 Å². The zero-order valence-corrected chi connectivity index (χ0v) is 10.6. The molecule has 1 amide bonds. The van der Waals surface area contributed by atoms with Gasteiger partial charge in [0, 0.05) is 18.9 Å². The highest BCUT2D eigenvalue weighted by molar-refractivity contribution is 5.84. The van der Waals surface area contributed by atoms with Crippen LogP contribution in [0.1, 0.15) is 13.3 Å². The molecule has 0 bridgehead atoms. The second-order valence-electron chi connectivity index (χ2n) is 4.74. The van der Waals surface area contributed by atoms with E-state index in [0.29, 0.717) is 18.5 Å². The van der Waals surface area contributed by atoms with Gasteiger partial charge in [0.05, 0.1) is 0 Å². The Hall–Kier alpha value is -2.08. The van der Waals surface area contributed by atoms with E-state index in [2.05, 4.69) is 5.32 Å². The van der Waals surface area contributed by atoms with E-state index in [4.69, 9.17) is 5.11 Å². The SMILES string of the molecule is CC1(C(=O)O)C=CN(C(=O)O)C=C1C1=CCNCC1. The molecule has 0 fully saturated rings. The van der Waals surface area contributed by atoms with Gasteiger partial charge in [-0.25, -0.2) is 4.79 Å². The fourth-order valence-electron chi connectivity index (χ4n) is 2.22. The Morgan fingerprint density at radius 2 is 2.16 bits per heavy atom. The third-order valence-corrected chi connectivity index (χ3v) is 3.47. The monoisotopic (exact) mass is 264 g/mol. The Morgan fingerprint density at radius 3 is 2.68 bits per heavy atom. The molecular formula is C13H16N2O4. The van der Waals surface area contributed by atoms with Gasteiger partial charge in [-0.3, -0.25) is 9.69 Å². The van der Waals surface area contributed by atoms with Crippen molar-refractivity contribution in [2.75, 3.05) is 13.1 Å². The van der Waals surface area contributed by atoms with Gasteiger partial charge in [-0.2, -0.15) is 0 Å². The lowest BCUT2D eigenvalue weighted by atomic mass is 9.76. The second-order valence-corrected chi connectivity index (χ2v) is 4.74. The number of rotatable bonds is 2. The van der Waals surface area contributed by atoms with Crippen LogP contribution in [0.3, 0.4) is 0 Å². The zero-order chi connectivity index (χ0) is 14.0. The van der Waals surface area contributed by atoms with E-state index in [1.54, 1.807) is 6.92 Å². The van der Waals surface area contributed by atoms with Crippen molar-refractivity contribution >= 4 is 12.1 Å². The molecule has 0 aromatic rings. The minimum Gasteiger partial charge on any atom is -0.480 e. The van der Waals surface area contributed by atoms with Crippen LogP contribution in [-0.4, -0.2) is 40.3 Å². The summed E-state index contributed by atoms with van der Waals surface area (Å²) in [4.78, 5) is 23.5. The van der Waals surface area contributed by atoms with Gasteiger partial charge in [0.1, 0.15) is 5.41 Å². The first-order chi connectivity index (χ1) is 8.95. The average Bonchev–Trinajstić information content (AvgIpc) is 2.39. The van der Waals surface area contributed by atoms with Gasteiger partial charge in [-0.15, -0.1) is 0 Å². The standard InChI is InChI=1S/C13H16N2O4/c1-13(11(16)17)4-7-15(12(18)19)8-10(13)9-2-5-14-6-3-9/h2,4,7-8,14H,3,5-6H2,1H3,(H,16,17)(H,18,19). The van der Waals surface area contributed by atoms with Crippen molar-refractivity contribution in [1.82, 2.24) is 10.2 Å². The predicted molar refractivity (Wildman–Crippen MR) is 68.4 cm³/mol. The largest absolute Gasteiger partial charge is 0.480 e. The summed E-state index contributed by atoms with van der Waals surface area (Å²) in [6.45, 7) is 3.01. The molecule has 6 nitrogen and oxygen atoms in total. The molecule has 0 radical (unpaired) electrons. The molecule has 1 unspecified atom stereocenters. The molecular weight excluding hydrogens is 248 g/mol. The van der Waals surface area contributed by atoms with Crippen LogP contribution in [-0.2, 0) is 4.79 Å². The first-order valence-corrected chi connectivity index (χ1v) is 6.01. The highest BCUT2D eigenvalue weighted by atomic mass is 16.4. The zero-order valence-electron chi connectivity index (χ0n) is 10.6. The molecule has 2 heterocycles. The van der Waals surface area contributed by atoms with Gasteiger partial charge in [0.15, 0.2) is 0 Å². The van der Waals surface area contributed by atoms with Gasteiger partial charge in [-0.1, -0.05) is 6.08 Å². The molecule has 0 saturated carbocycles. The van der Waals surface area contributed by atoms with Gasteiger partial charge in [0.25, 0.3) is 0 Å². The normalized spacial score (nSPS) is 26.7. The molecule has 0 saturated heterocycles. The summed E-state index contributed by atoms with van der Waals surface area (Å²) in [5, 5.41) is 21.6. The predicted octanol–water partition coefficient (Wildman–Crippen LogP) is 1.39. The molecule has 6 heteroatoms. The van der Waals surface area contributed by atoms with Crippen LogP contribution in [0.2, 0.25) is 0 Å². The highest BCUT2D eigenvalue weighted by Crippen LogP contribution is 2.38. The van der Waals surface area contributed by atoms with E-state index >= 15 is 0 Å². The second kappa shape index (κ2) is 4.89. The first kappa shape index (κ1) is 13.4. The van der Waals surface area contributed by atoms with Crippen molar-refractivity contribution in [3.8, 4) is 0 Å². The molecule has 0 spiro atoms. The molecule has 19 heavy (non-hydrogen) atoms. The number of carboxylic acid groups (broad SMARTS) is 2. The van der Waals surface area contributed by atoms with Crippen molar-refractivity contribution in [3.05, 3.63) is 35.7 Å². The van der Waals surface area contributed by atoms with Crippen molar-refractivity contribution in [3.63, 3.8) is 0 Å². The average molecular weight is 264 g/mol. The number of amides is 1. The minimum absolute atomic E-state index is 0.534. The molecule has 1 atom stereocenters. The maximum Gasteiger partial charge on any atom is 0.415 e. The summed E-state index contributed by atoms with van der Waals surface area (Å²) >= 11 is 0. The number of hydrogen-bond donors (Lipinski definition) is 3. The molecule has 2 aliphatic rings. The summed E-state index contributed by atoms with van der Waals surface area (Å²) in [7, 11) is 0. The Kier molecular flexibility index (Phi) is 3.44. The number of nitrogens with zero attached hydrogens (tertiary/aromatic N) is 1. The number of carbonyl (C=O) groups is 2. The van der Waals surface area contributed by atoms with Crippen LogP contribution in [0.15, 0.2) is 35.7 Å². The number of hydrogen-bond acceptors (Lipinski definition) is 3. The van der Waals surface area contributed by atoms with E-state index in [9.17, 15) is 14.7 Å². The maximum atomic E-state index is 11.5. The van der Waals surface area contributed by atoms with Gasteiger partial charge < -0.3 is 15.5 Å². The van der Waals surface area contributed by atoms with Gasteiger partial charge in [-0.05, 0) is 37.1 Å². The number of aliphatic carboxylic acids is 1. The van der Waals surface area contributed by atoms with E-state index in [-0.39, 0.29) is 0 Å². The third-order valence-electron chi connectivity index (χ3n) is 3.47. The third kappa shape index (κ3) is 2.39. The molecule has 2 aliphatic heterocycles. The topological polar surface area (TPSA) is 89.9 Å². The van der Waals surface area contributed by atoms with Crippen LogP contribution in [0, 0.1) is 5.41 Å². The minimum atomic E-state index is -1.19. The van der Waals surface area contributed by atoms with Crippen LogP contribution in [0.25, 0.3) is 0 Å². The van der Waals surface area contributed by atoms with E-state index in [1.807, 2.05) is 6.08 Å².